The Labute approximate surface area is 129 Å². The van der Waals surface area contributed by atoms with Crippen molar-refractivity contribution in [3.8, 4) is 0 Å². The molecule has 0 aliphatic heterocycles. The van der Waals surface area contributed by atoms with E-state index in [1.807, 2.05) is 18.4 Å². The van der Waals surface area contributed by atoms with Gasteiger partial charge in [0, 0.05) is 11.3 Å². The Morgan fingerprint density at radius 2 is 2.29 bits per heavy atom. The average molecular weight is 309 g/mol. The van der Waals surface area contributed by atoms with Gasteiger partial charge in [0.2, 0.25) is 5.91 Å². The summed E-state index contributed by atoms with van der Waals surface area (Å²) in [6.07, 6.45) is 5.49. The van der Waals surface area contributed by atoms with Gasteiger partial charge in [-0.1, -0.05) is 18.9 Å². The van der Waals surface area contributed by atoms with Crippen LogP contribution in [0, 0.1) is 5.92 Å². The molecule has 0 radical (unpaired) electrons. The van der Waals surface area contributed by atoms with Crippen molar-refractivity contribution in [1.29, 1.82) is 0 Å². The van der Waals surface area contributed by atoms with Gasteiger partial charge in [-0.05, 0) is 44.1 Å². The molecule has 5 heteroatoms. The van der Waals surface area contributed by atoms with Gasteiger partial charge in [0.25, 0.3) is 0 Å². The molecule has 1 fully saturated rings. The number of nitrogens with one attached hydrogen (secondary N) is 1. The highest BCUT2D eigenvalue weighted by atomic mass is 32.1. The van der Waals surface area contributed by atoms with E-state index in [1.165, 1.54) is 4.88 Å². The molecule has 1 aromatic heterocycles. The lowest BCUT2D eigenvalue weighted by molar-refractivity contribution is -0.146. The lowest BCUT2D eigenvalue weighted by Crippen LogP contribution is -2.55. The summed E-state index contributed by atoms with van der Waals surface area (Å²) >= 11 is 1.70. The van der Waals surface area contributed by atoms with Crippen LogP contribution in [-0.4, -0.2) is 22.5 Å². The lowest BCUT2D eigenvalue weighted by atomic mass is 9.74. The van der Waals surface area contributed by atoms with Crippen molar-refractivity contribution in [2.45, 2.75) is 57.4 Å². The third-order valence-electron chi connectivity index (χ3n) is 4.34. The van der Waals surface area contributed by atoms with Crippen molar-refractivity contribution in [1.82, 2.24) is 5.32 Å². The molecule has 21 heavy (non-hydrogen) atoms. The number of aliphatic carboxylic acids is 1. The zero-order chi connectivity index (χ0) is 15.3. The van der Waals surface area contributed by atoms with E-state index in [9.17, 15) is 14.7 Å². The first-order valence-corrected chi connectivity index (χ1v) is 8.45. The van der Waals surface area contributed by atoms with Crippen LogP contribution < -0.4 is 5.32 Å². The second-order valence-electron chi connectivity index (χ2n) is 6.04. The lowest BCUT2D eigenvalue weighted by Gasteiger charge is -2.39. The Bertz CT molecular complexity index is 486. The first kappa shape index (κ1) is 16.0. The van der Waals surface area contributed by atoms with Crippen LogP contribution in [0.2, 0.25) is 0 Å². The van der Waals surface area contributed by atoms with Gasteiger partial charge in [-0.2, -0.15) is 0 Å². The van der Waals surface area contributed by atoms with Gasteiger partial charge in [-0.3, -0.25) is 9.59 Å². The van der Waals surface area contributed by atoms with E-state index < -0.39 is 17.4 Å². The Hall–Kier alpha value is -1.36. The number of carbonyl (C=O) groups is 2. The monoisotopic (exact) mass is 309 g/mol. The van der Waals surface area contributed by atoms with Gasteiger partial charge < -0.3 is 10.4 Å². The number of carboxylic acids is 1. The van der Waals surface area contributed by atoms with E-state index in [1.54, 1.807) is 11.3 Å². The average Bonchev–Trinajstić information content (AvgIpc) is 2.91. The normalized spacial score (nSPS) is 25.5. The topological polar surface area (TPSA) is 66.4 Å². The molecular weight excluding hydrogens is 286 g/mol. The van der Waals surface area contributed by atoms with Crippen LogP contribution in [0.4, 0.5) is 0 Å². The summed E-state index contributed by atoms with van der Waals surface area (Å²) in [5, 5.41) is 14.4. The zero-order valence-corrected chi connectivity index (χ0v) is 13.2. The molecule has 1 saturated carbocycles. The van der Waals surface area contributed by atoms with Crippen molar-refractivity contribution in [3.05, 3.63) is 22.4 Å². The molecule has 1 aliphatic carbocycles. The smallest absolute Gasteiger partial charge is 0.308 e. The molecule has 0 aromatic carbocycles. The number of aryl methyl sites for hydroxylation is 1. The maximum absolute atomic E-state index is 12.1. The van der Waals surface area contributed by atoms with Crippen molar-refractivity contribution >= 4 is 23.2 Å². The largest absolute Gasteiger partial charge is 0.481 e. The van der Waals surface area contributed by atoms with Crippen molar-refractivity contribution in [2.24, 2.45) is 5.92 Å². The maximum Gasteiger partial charge on any atom is 0.308 e. The standard InChI is InChI=1S/C16H23NO3S/c1-16(10-3-2-8-13(16)15(19)20)17-14(18)9-4-6-12-7-5-11-21-12/h5,7,11,13H,2-4,6,8-10H2,1H3,(H,17,18)(H,19,20). The highest BCUT2D eigenvalue weighted by Crippen LogP contribution is 2.34. The van der Waals surface area contributed by atoms with Gasteiger partial charge in [-0.25, -0.2) is 0 Å². The van der Waals surface area contributed by atoms with Crippen LogP contribution in [0.1, 0.15) is 50.3 Å². The summed E-state index contributed by atoms with van der Waals surface area (Å²) in [7, 11) is 0. The fourth-order valence-corrected chi connectivity index (χ4v) is 3.89. The van der Waals surface area contributed by atoms with Crippen LogP contribution in [-0.2, 0) is 16.0 Å². The van der Waals surface area contributed by atoms with Crippen LogP contribution in [0.15, 0.2) is 17.5 Å². The first-order chi connectivity index (χ1) is 10.0. The second-order valence-corrected chi connectivity index (χ2v) is 7.07. The van der Waals surface area contributed by atoms with Gasteiger partial charge in [0.15, 0.2) is 0 Å². The molecule has 1 aliphatic rings. The van der Waals surface area contributed by atoms with Crippen LogP contribution in [0.3, 0.4) is 0 Å². The predicted octanol–water partition coefficient (Wildman–Crippen LogP) is 3.22. The molecule has 116 valence electrons. The SMILES string of the molecule is CC1(NC(=O)CCCc2cccs2)CCCCC1C(=O)O. The number of thiophene rings is 1. The van der Waals surface area contributed by atoms with Crippen molar-refractivity contribution in [2.75, 3.05) is 0 Å². The molecular formula is C16H23NO3S. The molecule has 0 bridgehead atoms. The van der Waals surface area contributed by atoms with E-state index in [4.69, 9.17) is 0 Å². The van der Waals surface area contributed by atoms with Crippen LogP contribution >= 0.6 is 11.3 Å². The quantitative estimate of drug-likeness (QED) is 0.848. The zero-order valence-electron chi connectivity index (χ0n) is 12.4. The third kappa shape index (κ3) is 4.30. The van der Waals surface area contributed by atoms with E-state index in [0.29, 0.717) is 12.8 Å². The van der Waals surface area contributed by atoms with Gasteiger partial charge in [0.1, 0.15) is 0 Å². The summed E-state index contributed by atoms with van der Waals surface area (Å²) in [6.45, 7) is 1.88. The molecule has 1 heterocycles. The first-order valence-electron chi connectivity index (χ1n) is 7.57. The third-order valence-corrected chi connectivity index (χ3v) is 5.27. The number of hydrogen-bond donors (Lipinski definition) is 2. The number of carbonyl (C=O) groups excluding carboxylic acids is 1. The predicted molar refractivity (Wildman–Crippen MR) is 83.4 cm³/mol. The number of hydrogen-bond acceptors (Lipinski definition) is 3. The Kier molecular flexibility index (Phi) is 5.39. The number of carboxylic acid groups (broad SMARTS) is 1. The molecule has 2 unspecified atom stereocenters. The van der Waals surface area contributed by atoms with Crippen LogP contribution in [0.25, 0.3) is 0 Å². The molecule has 2 atom stereocenters. The molecule has 2 rings (SSSR count). The van der Waals surface area contributed by atoms with Crippen molar-refractivity contribution in [3.63, 3.8) is 0 Å². The molecule has 0 saturated heterocycles. The number of rotatable bonds is 6. The number of amides is 1. The minimum absolute atomic E-state index is 0.0257. The summed E-state index contributed by atoms with van der Waals surface area (Å²) in [5.74, 6) is -1.29. The summed E-state index contributed by atoms with van der Waals surface area (Å²) < 4.78 is 0. The van der Waals surface area contributed by atoms with Gasteiger partial charge >= 0.3 is 5.97 Å². The Morgan fingerprint density at radius 3 is 2.95 bits per heavy atom. The van der Waals surface area contributed by atoms with Crippen molar-refractivity contribution < 1.29 is 14.7 Å². The molecule has 1 aromatic rings. The Balaban J connectivity index is 1.83. The molecule has 0 spiro atoms. The van der Waals surface area contributed by atoms with E-state index in [2.05, 4.69) is 11.4 Å². The Morgan fingerprint density at radius 1 is 1.48 bits per heavy atom. The summed E-state index contributed by atoms with van der Waals surface area (Å²) in [5.41, 5.74) is -0.593. The second kappa shape index (κ2) is 7.07. The van der Waals surface area contributed by atoms with E-state index >= 15 is 0 Å². The van der Waals surface area contributed by atoms with Crippen LogP contribution in [0.5, 0.6) is 0 Å². The summed E-state index contributed by atoms with van der Waals surface area (Å²) in [4.78, 5) is 24.8. The highest BCUT2D eigenvalue weighted by molar-refractivity contribution is 7.09. The molecule has 2 N–H and O–H groups in total. The minimum atomic E-state index is -0.795. The summed E-state index contributed by atoms with van der Waals surface area (Å²) in [6, 6.07) is 4.09. The highest BCUT2D eigenvalue weighted by Gasteiger charge is 2.41. The minimum Gasteiger partial charge on any atom is -0.481 e. The fraction of sp³-hybridized carbons (Fsp3) is 0.625. The molecule has 1 amide bonds. The van der Waals surface area contributed by atoms with E-state index in [0.717, 1.165) is 32.1 Å². The maximum atomic E-state index is 12.1. The van der Waals surface area contributed by atoms with Gasteiger partial charge in [-0.15, -0.1) is 11.3 Å². The molecule has 4 nitrogen and oxygen atoms in total. The van der Waals surface area contributed by atoms with E-state index in [-0.39, 0.29) is 5.91 Å². The van der Waals surface area contributed by atoms with Gasteiger partial charge in [0.05, 0.1) is 11.5 Å². The fourth-order valence-electron chi connectivity index (χ4n) is 3.14.